The average Bonchev–Trinajstić information content (AvgIpc) is 3.43. The molecule has 4 aliphatic rings. The summed E-state index contributed by atoms with van der Waals surface area (Å²) in [5.41, 5.74) is -2.09. The first-order chi connectivity index (χ1) is 18.1. The molecule has 1 aliphatic carbocycles. The summed E-state index contributed by atoms with van der Waals surface area (Å²) in [5.74, 6) is -2.74. The van der Waals surface area contributed by atoms with Gasteiger partial charge in [0, 0.05) is 12.6 Å². The number of rotatable bonds is 11. The lowest BCUT2D eigenvalue weighted by molar-refractivity contribution is -0.164. The number of aliphatic hydroxyl groups excluding tert-OH is 1. The quantitative estimate of drug-likeness (QED) is 0.325. The van der Waals surface area contributed by atoms with Gasteiger partial charge in [0.2, 0.25) is 11.8 Å². The smallest absolute Gasteiger partial charge is 0.313 e. The predicted octanol–water partition coefficient (Wildman–Crippen LogP) is 3.48. The van der Waals surface area contributed by atoms with E-state index >= 15 is 0 Å². The zero-order chi connectivity index (χ0) is 27.8. The molecular weight excluding hydrogens is 484 g/mol. The summed E-state index contributed by atoms with van der Waals surface area (Å²) in [6.07, 6.45) is 9.56. The van der Waals surface area contributed by atoms with Gasteiger partial charge in [-0.3, -0.25) is 14.4 Å². The van der Waals surface area contributed by atoms with E-state index in [9.17, 15) is 19.5 Å². The summed E-state index contributed by atoms with van der Waals surface area (Å²) in [7, 11) is 0. The minimum absolute atomic E-state index is 0.0424. The third-order valence-corrected chi connectivity index (χ3v) is 10.1. The van der Waals surface area contributed by atoms with Gasteiger partial charge in [-0.2, -0.15) is 0 Å². The van der Waals surface area contributed by atoms with Gasteiger partial charge in [-0.1, -0.05) is 65.2 Å². The summed E-state index contributed by atoms with van der Waals surface area (Å²) >= 11 is 0. The first kappa shape index (κ1) is 28.8. The molecule has 1 N–H and O–H groups in total. The molecule has 2 amide bonds. The zero-order valence-electron chi connectivity index (χ0n) is 23.6. The van der Waals surface area contributed by atoms with Crippen LogP contribution in [0.25, 0.3) is 0 Å². The summed E-state index contributed by atoms with van der Waals surface area (Å²) in [5, 5.41) is 10.5. The molecule has 4 rings (SSSR count). The summed E-state index contributed by atoms with van der Waals surface area (Å²) in [6, 6.07) is -1.42. The van der Waals surface area contributed by atoms with E-state index in [1.54, 1.807) is 11.0 Å². The summed E-state index contributed by atoms with van der Waals surface area (Å²) in [6.45, 7) is 15.6. The fourth-order valence-corrected chi connectivity index (χ4v) is 7.82. The Balaban J connectivity index is 1.84. The van der Waals surface area contributed by atoms with E-state index in [-0.39, 0.29) is 42.9 Å². The average molecular weight is 531 g/mol. The maximum absolute atomic E-state index is 14.7. The monoisotopic (exact) mass is 530 g/mol. The minimum Gasteiger partial charge on any atom is -0.461 e. The number of ether oxygens (including phenoxy) is 2. The van der Waals surface area contributed by atoms with Crippen LogP contribution in [0.5, 0.6) is 0 Å². The summed E-state index contributed by atoms with van der Waals surface area (Å²) < 4.78 is 12.3. The van der Waals surface area contributed by atoms with Crippen molar-refractivity contribution in [3.05, 3.63) is 25.3 Å². The Morgan fingerprint density at radius 3 is 2.53 bits per heavy atom. The maximum Gasteiger partial charge on any atom is 0.313 e. The van der Waals surface area contributed by atoms with Gasteiger partial charge in [0.25, 0.3) is 0 Å². The van der Waals surface area contributed by atoms with Crippen LogP contribution in [0, 0.1) is 23.7 Å². The topological polar surface area (TPSA) is 96.4 Å². The second kappa shape index (κ2) is 11.1. The van der Waals surface area contributed by atoms with Gasteiger partial charge in [0.05, 0.1) is 24.2 Å². The fourth-order valence-electron chi connectivity index (χ4n) is 7.82. The Hall–Kier alpha value is -2.19. The van der Waals surface area contributed by atoms with Crippen molar-refractivity contribution in [2.75, 3.05) is 19.8 Å². The minimum atomic E-state index is -1.16. The molecule has 8 heteroatoms. The van der Waals surface area contributed by atoms with Crippen molar-refractivity contribution in [2.45, 2.75) is 102 Å². The third-order valence-electron chi connectivity index (χ3n) is 10.1. The van der Waals surface area contributed by atoms with E-state index in [4.69, 9.17) is 9.47 Å². The second-order valence-corrected chi connectivity index (χ2v) is 12.1. The van der Waals surface area contributed by atoms with E-state index < -0.39 is 41.1 Å². The van der Waals surface area contributed by atoms with Crippen molar-refractivity contribution >= 4 is 17.8 Å². The van der Waals surface area contributed by atoms with Crippen LogP contribution in [0.3, 0.4) is 0 Å². The molecule has 8 atom stereocenters. The molecule has 4 fully saturated rings. The van der Waals surface area contributed by atoms with Crippen molar-refractivity contribution < 1.29 is 29.0 Å². The molecule has 212 valence electrons. The van der Waals surface area contributed by atoms with Gasteiger partial charge in [-0.05, 0) is 38.0 Å². The lowest BCUT2D eigenvalue weighted by Crippen LogP contribution is -2.61. The Morgan fingerprint density at radius 1 is 1.26 bits per heavy atom. The highest BCUT2D eigenvalue weighted by Crippen LogP contribution is 2.66. The number of likely N-dealkylation sites (tertiary alicyclic amines) is 1. The van der Waals surface area contributed by atoms with Crippen molar-refractivity contribution in [3.8, 4) is 0 Å². The molecule has 1 saturated carbocycles. The van der Waals surface area contributed by atoms with Crippen molar-refractivity contribution in [2.24, 2.45) is 23.7 Å². The second-order valence-electron chi connectivity index (χ2n) is 12.1. The molecule has 38 heavy (non-hydrogen) atoms. The van der Waals surface area contributed by atoms with Crippen LogP contribution >= 0.6 is 0 Å². The first-order valence-corrected chi connectivity index (χ1v) is 14.4. The number of aliphatic hydroxyl groups is 1. The highest BCUT2D eigenvalue weighted by molar-refractivity contribution is 5.99. The van der Waals surface area contributed by atoms with Gasteiger partial charge in [0.1, 0.15) is 24.2 Å². The molecule has 8 nitrogen and oxygen atoms in total. The molecule has 3 aliphatic heterocycles. The van der Waals surface area contributed by atoms with Crippen LogP contribution in [-0.4, -0.2) is 81.8 Å². The van der Waals surface area contributed by atoms with Crippen LogP contribution in [0.15, 0.2) is 25.3 Å². The molecule has 0 radical (unpaired) electrons. The van der Waals surface area contributed by atoms with Crippen LogP contribution in [0.4, 0.5) is 0 Å². The number of fused-ring (bicyclic) bond motifs is 1. The summed E-state index contributed by atoms with van der Waals surface area (Å²) in [4.78, 5) is 46.0. The molecule has 0 aromatic rings. The number of carbonyl (C=O) groups excluding carboxylic acids is 3. The lowest BCUT2D eigenvalue weighted by Gasteiger charge is -2.43. The van der Waals surface area contributed by atoms with E-state index in [0.29, 0.717) is 13.0 Å². The highest BCUT2D eigenvalue weighted by atomic mass is 16.6. The molecule has 0 aromatic carbocycles. The number of nitrogens with zero attached hydrogens (tertiary/aromatic N) is 2. The van der Waals surface area contributed by atoms with E-state index in [2.05, 4.69) is 13.2 Å². The molecule has 2 bridgehead atoms. The normalized spacial score (nSPS) is 36.0. The maximum atomic E-state index is 14.7. The van der Waals surface area contributed by atoms with Crippen molar-refractivity contribution in [1.29, 1.82) is 0 Å². The number of carbonyl (C=O) groups is 3. The van der Waals surface area contributed by atoms with E-state index in [0.717, 1.165) is 38.5 Å². The Bertz CT molecular complexity index is 947. The van der Waals surface area contributed by atoms with Crippen LogP contribution in [0.2, 0.25) is 0 Å². The van der Waals surface area contributed by atoms with Crippen LogP contribution < -0.4 is 0 Å². The largest absolute Gasteiger partial charge is 0.461 e. The number of amides is 2. The fraction of sp³-hybridized carbons (Fsp3) is 0.767. The Kier molecular flexibility index (Phi) is 8.43. The van der Waals surface area contributed by atoms with Crippen LogP contribution in [0.1, 0.15) is 72.6 Å². The number of hydrogen-bond acceptors (Lipinski definition) is 6. The molecule has 3 saturated heterocycles. The Labute approximate surface area is 227 Å². The van der Waals surface area contributed by atoms with Crippen molar-refractivity contribution in [1.82, 2.24) is 9.80 Å². The third kappa shape index (κ3) is 4.32. The number of esters is 1. The van der Waals surface area contributed by atoms with Gasteiger partial charge in [-0.25, -0.2) is 0 Å². The molecular formula is C30H46N2O6. The zero-order valence-corrected chi connectivity index (χ0v) is 23.6. The highest BCUT2D eigenvalue weighted by Gasteiger charge is 2.81. The lowest BCUT2D eigenvalue weighted by atomic mass is 9.62. The van der Waals surface area contributed by atoms with Gasteiger partial charge < -0.3 is 24.4 Å². The van der Waals surface area contributed by atoms with Crippen LogP contribution in [-0.2, 0) is 23.9 Å². The molecule has 0 aromatic heterocycles. The molecule has 3 heterocycles. The first-order valence-electron chi connectivity index (χ1n) is 14.4. The Morgan fingerprint density at radius 2 is 1.95 bits per heavy atom. The predicted molar refractivity (Wildman–Crippen MR) is 144 cm³/mol. The van der Waals surface area contributed by atoms with Gasteiger partial charge in [0.15, 0.2) is 0 Å². The van der Waals surface area contributed by atoms with Gasteiger partial charge in [-0.15, -0.1) is 6.58 Å². The molecule has 1 spiro atoms. The van der Waals surface area contributed by atoms with Gasteiger partial charge >= 0.3 is 5.97 Å². The van der Waals surface area contributed by atoms with Crippen molar-refractivity contribution in [3.63, 3.8) is 0 Å². The standard InChI is InChI=1S/C30H46N2O6/c1-7-15-31(21-13-11-10-12-14-21)27(35)25-30-17-20(5)29(6,38-30)24(28(36)37-16-8-2)23(30)26(34)32(25)22(18-33)19(4)9-3/h7-8,19-25,33H,1-2,9-18H2,3-6H3/t19-,20?,22-,23-,24+,25?,29-,30?/m0/s1. The number of hydrogen-bond donors (Lipinski definition) is 1. The van der Waals surface area contributed by atoms with E-state index in [1.165, 1.54) is 6.08 Å². The molecule has 3 unspecified atom stereocenters. The van der Waals surface area contributed by atoms with E-state index in [1.807, 2.05) is 32.6 Å². The SMILES string of the molecule is C=CCOC(=O)[C@H]1[C@H]2C(=O)N([C@@H](CO)[C@@H](C)CC)C(C(=O)N(CC=C)C3CCCCC3)C23CC(C)[C@]1(C)O3.